The van der Waals surface area contributed by atoms with Gasteiger partial charge in [0.25, 0.3) is 0 Å². The number of benzene rings is 1. The molecule has 1 amide bonds. The lowest BCUT2D eigenvalue weighted by Gasteiger charge is -2.10. The Morgan fingerprint density at radius 3 is 2.81 bits per heavy atom. The lowest BCUT2D eigenvalue weighted by molar-refractivity contribution is -0.121. The van der Waals surface area contributed by atoms with Crippen LogP contribution in [0.2, 0.25) is 0 Å². The smallest absolute Gasteiger partial charge is 0.223 e. The van der Waals surface area contributed by atoms with Crippen LogP contribution in [-0.4, -0.2) is 57.8 Å². The number of hydrogen-bond donors (Lipinski definition) is 2. The zero-order valence-electron chi connectivity index (χ0n) is 12.8. The molecule has 0 aliphatic heterocycles. The molecule has 0 heterocycles. The Balaban J connectivity index is 2.01. The van der Waals surface area contributed by atoms with Crippen LogP contribution in [0.4, 0.5) is 5.69 Å². The van der Waals surface area contributed by atoms with Crippen LogP contribution in [0.5, 0.6) is 5.75 Å². The molecule has 6 nitrogen and oxygen atoms in total. The molecule has 0 bridgehead atoms. The second kappa shape index (κ2) is 10.0. The van der Waals surface area contributed by atoms with Gasteiger partial charge in [0.05, 0.1) is 26.2 Å². The highest BCUT2D eigenvalue weighted by atomic mass is 16.5. The molecule has 0 aromatic heterocycles. The molecule has 3 N–H and O–H groups in total. The van der Waals surface area contributed by atoms with Crippen molar-refractivity contribution in [1.82, 2.24) is 10.2 Å². The predicted octanol–water partition coefficient (Wildman–Crippen LogP) is 0.732. The molecule has 0 spiro atoms. The van der Waals surface area contributed by atoms with Crippen LogP contribution in [0.15, 0.2) is 24.3 Å². The van der Waals surface area contributed by atoms with Gasteiger partial charge >= 0.3 is 0 Å². The molecule has 0 unspecified atom stereocenters. The molecule has 1 aromatic carbocycles. The van der Waals surface area contributed by atoms with Gasteiger partial charge in [0, 0.05) is 24.8 Å². The summed E-state index contributed by atoms with van der Waals surface area (Å²) in [7, 11) is 3.98. The first-order valence-corrected chi connectivity index (χ1v) is 7.05. The van der Waals surface area contributed by atoms with Crippen LogP contribution in [-0.2, 0) is 9.53 Å². The Morgan fingerprint density at radius 2 is 2.10 bits per heavy atom. The first-order valence-electron chi connectivity index (χ1n) is 7.05. The molecule has 118 valence electrons. The maximum absolute atomic E-state index is 11.6. The van der Waals surface area contributed by atoms with E-state index < -0.39 is 0 Å². The normalized spacial score (nSPS) is 10.6. The number of ether oxygens (including phenoxy) is 2. The molecule has 1 rings (SSSR count). The topological polar surface area (TPSA) is 76.8 Å². The van der Waals surface area contributed by atoms with Crippen molar-refractivity contribution in [3.05, 3.63) is 24.3 Å². The van der Waals surface area contributed by atoms with Gasteiger partial charge in [-0.2, -0.15) is 0 Å². The van der Waals surface area contributed by atoms with Gasteiger partial charge in [-0.25, -0.2) is 0 Å². The van der Waals surface area contributed by atoms with E-state index in [0.717, 1.165) is 6.54 Å². The SMILES string of the molecule is CN(C)CCOCCNC(=O)CCOc1cccc(N)c1. The minimum atomic E-state index is -0.0462. The van der Waals surface area contributed by atoms with Crippen molar-refractivity contribution in [2.75, 3.05) is 52.7 Å². The second-order valence-corrected chi connectivity index (χ2v) is 4.94. The molecule has 1 aromatic rings. The maximum Gasteiger partial charge on any atom is 0.223 e. The number of likely N-dealkylation sites (N-methyl/N-ethyl adjacent to an activating group) is 1. The summed E-state index contributed by atoms with van der Waals surface area (Å²) in [5.41, 5.74) is 6.28. The molecular formula is C15H25N3O3. The van der Waals surface area contributed by atoms with Crippen LogP contribution in [0.3, 0.4) is 0 Å². The van der Waals surface area contributed by atoms with E-state index in [-0.39, 0.29) is 5.91 Å². The van der Waals surface area contributed by atoms with Crippen molar-refractivity contribution >= 4 is 11.6 Å². The third-order valence-corrected chi connectivity index (χ3v) is 2.71. The average molecular weight is 295 g/mol. The first kappa shape index (κ1) is 17.3. The van der Waals surface area contributed by atoms with E-state index in [4.69, 9.17) is 15.2 Å². The fraction of sp³-hybridized carbons (Fsp3) is 0.533. The fourth-order valence-corrected chi connectivity index (χ4v) is 1.57. The van der Waals surface area contributed by atoms with Crippen LogP contribution in [0, 0.1) is 0 Å². The second-order valence-electron chi connectivity index (χ2n) is 4.94. The van der Waals surface area contributed by atoms with E-state index in [9.17, 15) is 4.79 Å². The zero-order chi connectivity index (χ0) is 15.5. The van der Waals surface area contributed by atoms with Crippen molar-refractivity contribution in [1.29, 1.82) is 0 Å². The standard InChI is InChI=1S/C15H25N3O3/c1-18(2)8-11-20-10-7-17-15(19)6-9-21-14-5-3-4-13(16)12-14/h3-5,12H,6-11,16H2,1-2H3,(H,17,19). The minimum Gasteiger partial charge on any atom is -0.493 e. The van der Waals surface area contributed by atoms with E-state index >= 15 is 0 Å². The molecule has 21 heavy (non-hydrogen) atoms. The Morgan fingerprint density at radius 1 is 1.29 bits per heavy atom. The average Bonchev–Trinajstić information content (AvgIpc) is 2.42. The number of nitrogens with two attached hydrogens (primary N) is 1. The molecule has 0 radical (unpaired) electrons. The summed E-state index contributed by atoms with van der Waals surface area (Å²) < 4.78 is 10.8. The first-order chi connectivity index (χ1) is 10.1. The number of nitrogens with zero attached hydrogens (tertiary/aromatic N) is 1. The van der Waals surface area contributed by atoms with E-state index in [1.165, 1.54) is 0 Å². The summed E-state index contributed by atoms with van der Waals surface area (Å²) in [6.07, 6.45) is 0.312. The van der Waals surface area contributed by atoms with Gasteiger partial charge < -0.3 is 25.4 Å². The molecule has 0 atom stereocenters. The van der Waals surface area contributed by atoms with Gasteiger partial charge in [-0.3, -0.25) is 4.79 Å². The van der Waals surface area contributed by atoms with E-state index in [0.29, 0.717) is 44.2 Å². The number of carbonyl (C=O) groups excluding carboxylic acids is 1. The lowest BCUT2D eigenvalue weighted by atomic mass is 10.3. The minimum absolute atomic E-state index is 0.0462. The number of rotatable bonds is 10. The Hall–Kier alpha value is -1.79. The molecule has 0 saturated carbocycles. The largest absolute Gasteiger partial charge is 0.493 e. The Kier molecular flexibility index (Phi) is 8.23. The van der Waals surface area contributed by atoms with Gasteiger partial charge in [0.2, 0.25) is 5.91 Å². The van der Waals surface area contributed by atoms with E-state index in [2.05, 4.69) is 5.32 Å². The highest BCUT2D eigenvalue weighted by molar-refractivity contribution is 5.75. The number of hydrogen-bond acceptors (Lipinski definition) is 5. The molecular weight excluding hydrogens is 270 g/mol. The van der Waals surface area contributed by atoms with Crippen molar-refractivity contribution in [2.24, 2.45) is 0 Å². The fourth-order valence-electron chi connectivity index (χ4n) is 1.57. The highest BCUT2D eigenvalue weighted by Gasteiger charge is 2.02. The van der Waals surface area contributed by atoms with Crippen molar-refractivity contribution in [3.8, 4) is 5.75 Å². The quantitative estimate of drug-likeness (QED) is 0.491. The molecule has 0 aliphatic rings. The van der Waals surface area contributed by atoms with Crippen LogP contribution >= 0.6 is 0 Å². The predicted molar refractivity (Wildman–Crippen MR) is 83.3 cm³/mol. The third kappa shape index (κ3) is 8.88. The Labute approximate surface area is 126 Å². The molecule has 0 fully saturated rings. The van der Waals surface area contributed by atoms with Crippen LogP contribution in [0.25, 0.3) is 0 Å². The number of carbonyl (C=O) groups is 1. The Bertz CT molecular complexity index is 424. The summed E-state index contributed by atoms with van der Waals surface area (Å²) in [5.74, 6) is 0.630. The number of anilines is 1. The van der Waals surface area contributed by atoms with Crippen molar-refractivity contribution in [3.63, 3.8) is 0 Å². The van der Waals surface area contributed by atoms with Gasteiger partial charge in [0.1, 0.15) is 5.75 Å². The zero-order valence-corrected chi connectivity index (χ0v) is 12.8. The monoisotopic (exact) mass is 295 g/mol. The number of amides is 1. The number of nitrogen functional groups attached to an aromatic ring is 1. The van der Waals surface area contributed by atoms with Gasteiger partial charge in [-0.15, -0.1) is 0 Å². The number of nitrogens with one attached hydrogen (secondary N) is 1. The van der Waals surface area contributed by atoms with Crippen molar-refractivity contribution < 1.29 is 14.3 Å². The maximum atomic E-state index is 11.6. The highest BCUT2D eigenvalue weighted by Crippen LogP contribution is 2.14. The van der Waals surface area contributed by atoms with Crippen LogP contribution in [0.1, 0.15) is 6.42 Å². The summed E-state index contributed by atoms with van der Waals surface area (Å²) in [4.78, 5) is 13.6. The van der Waals surface area contributed by atoms with E-state index in [1.807, 2.05) is 31.1 Å². The van der Waals surface area contributed by atoms with E-state index in [1.54, 1.807) is 12.1 Å². The summed E-state index contributed by atoms with van der Waals surface area (Å²) >= 11 is 0. The van der Waals surface area contributed by atoms with Crippen LogP contribution < -0.4 is 15.8 Å². The summed E-state index contributed by atoms with van der Waals surface area (Å²) in [5, 5.41) is 2.79. The molecule has 0 saturated heterocycles. The lowest BCUT2D eigenvalue weighted by Crippen LogP contribution is -2.29. The van der Waals surface area contributed by atoms with Crippen molar-refractivity contribution in [2.45, 2.75) is 6.42 Å². The third-order valence-electron chi connectivity index (χ3n) is 2.71. The van der Waals surface area contributed by atoms with Gasteiger partial charge in [-0.05, 0) is 26.2 Å². The van der Waals surface area contributed by atoms with Gasteiger partial charge in [-0.1, -0.05) is 6.07 Å². The molecule has 0 aliphatic carbocycles. The van der Waals surface area contributed by atoms with Gasteiger partial charge in [0.15, 0.2) is 0 Å². The summed E-state index contributed by atoms with van der Waals surface area (Å²) in [6, 6.07) is 7.15. The molecule has 6 heteroatoms. The summed E-state index contributed by atoms with van der Waals surface area (Å²) in [6.45, 7) is 2.92.